The molecule has 1 fully saturated rings. The second-order valence-corrected chi connectivity index (χ2v) is 8.19. The van der Waals surface area contributed by atoms with Crippen LogP contribution in [0.25, 0.3) is 0 Å². The van der Waals surface area contributed by atoms with Crippen molar-refractivity contribution in [3.05, 3.63) is 71.3 Å². The van der Waals surface area contributed by atoms with Gasteiger partial charge in [0.15, 0.2) is 0 Å². The largest absolute Gasteiger partial charge is 0.379 e. The lowest BCUT2D eigenvalue weighted by Crippen LogP contribution is -2.35. The van der Waals surface area contributed by atoms with Crippen LogP contribution in [0.5, 0.6) is 0 Å². The highest BCUT2D eigenvalue weighted by atomic mass is 32.2. The minimum absolute atomic E-state index is 0.0678. The van der Waals surface area contributed by atoms with Crippen molar-refractivity contribution in [2.24, 2.45) is 0 Å². The molecule has 2 aromatic carbocycles. The number of nitrogens with zero attached hydrogens (tertiary/aromatic N) is 1. The molecule has 1 N–H and O–H groups in total. The van der Waals surface area contributed by atoms with Gasteiger partial charge in [-0.3, -0.25) is 9.69 Å². The summed E-state index contributed by atoms with van der Waals surface area (Å²) in [5, 5.41) is 3.00. The monoisotopic (exact) mass is 384 g/mol. The fourth-order valence-corrected chi connectivity index (χ4v) is 3.93. The number of benzene rings is 2. The fourth-order valence-electron chi connectivity index (χ4n) is 3.06. The van der Waals surface area contributed by atoms with Crippen molar-refractivity contribution in [1.82, 2.24) is 10.2 Å². The van der Waals surface area contributed by atoms with E-state index in [1.807, 2.05) is 25.1 Å². The van der Waals surface area contributed by atoms with Crippen molar-refractivity contribution in [3.63, 3.8) is 0 Å². The summed E-state index contributed by atoms with van der Waals surface area (Å²) in [6.07, 6.45) is 0. The molecule has 5 heteroatoms. The van der Waals surface area contributed by atoms with E-state index < -0.39 is 0 Å². The number of hydrogen-bond donors (Lipinski definition) is 1. The number of carbonyl (C=O) groups excluding carboxylic acids is 1. The van der Waals surface area contributed by atoms with E-state index in [9.17, 15) is 4.79 Å². The summed E-state index contributed by atoms with van der Waals surface area (Å²) in [5.74, 6) is 0.944. The molecule has 4 nitrogen and oxygen atoms in total. The topological polar surface area (TPSA) is 41.6 Å². The number of carbonyl (C=O) groups is 1. The third-order valence-electron chi connectivity index (χ3n) is 4.68. The zero-order valence-corrected chi connectivity index (χ0v) is 16.7. The quantitative estimate of drug-likeness (QED) is 0.757. The number of nitrogens with one attached hydrogen (secondary N) is 1. The van der Waals surface area contributed by atoms with Crippen LogP contribution in [0.15, 0.2) is 54.6 Å². The number of ether oxygens (including phenoxy) is 1. The van der Waals surface area contributed by atoms with E-state index in [1.165, 1.54) is 11.1 Å². The van der Waals surface area contributed by atoms with Crippen LogP contribution >= 0.6 is 11.8 Å². The lowest BCUT2D eigenvalue weighted by Gasteiger charge is -2.26. The highest BCUT2D eigenvalue weighted by Crippen LogP contribution is 2.18. The Morgan fingerprint density at radius 1 is 1.07 bits per heavy atom. The van der Waals surface area contributed by atoms with Crippen molar-refractivity contribution in [2.45, 2.75) is 31.0 Å². The van der Waals surface area contributed by atoms with Gasteiger partial charge in [-0.05, 0) is 23.6 Å². The number of hydrogen-bond acceptors (Lipinski definition) is 4. The molecule has 1 heterocycles. The smallest absolute Gasteiger partial charge is 0.233 e. The number of morpholine rings is 1. The Morgan fingerprint density at radius 3 is 2.56 bits per heavy atom. The van der Waals surface area contributed by atoms with E-state index >= 15 is 0 Å². The zero-order valence-electron chi connectivity index (χ0n) is 15.9. The molecular formula is C22H28N2O2S. The molecule has 0 saturated carbocycles. The Kier molecular flexibility index (Phi) is 7.75. The first-order chi connectivity index (χ1) is 13.2. The summed E-state index contributed by atoms with van der Waals surface area (Å²) in [6, 6.07) is 18.8. The average Bonchev–Trinajstić information content (AvgIpc) is 2.72. The molecule has 2 aromatic rings. The molecular weight excluding hydrogens is 356 g/mol. The lowest BCUT2D eigenvalue weighted by atomic mass is 10.1. The Morgan fingerprint density at radius 2 is 1.78 bits per heavy atom. The normalized spacial score (nSPS) is 16.0. The average molecular weight is 385 g/mol. The Balaban J connectivity index is 1.44. The Hall–Kier alpha value is -1.82. The molecule has 144 valence electrons. The summed E-state index contributed by atoms with van der Waals surface area (Å²) in [4.78, 5) is 14.8. The predicted octanol–water partition coefficient (Wildman–Crippen LogP) is 3.46. The van der Waals surface area contributed by atoms with Crippen LogP contribution < -0.4 is 5.32 Å². The molecule has 27 heavy (non-hydrogen) atoms. The van der Waals surface area contributed by atoms with Gasteiger partial charge < -0.3 is 10.1 Å². The van der Waals surface area contributed by atoms with Crippen LogP contribution in [0.2, 0.25) is 0 Å². The predicted molar refractivity (Wildman–Crippen MR) is 112 cm³/mol. The van der Waals surface area contributed by atoms with E-state index in [1.54, 1.807) is 11.8 Å². The molecule has 0 bridgehead atoms. The van der Waals surface area contributed by atoms with E-state index in [2.05, 4.69) is 46.6 Å². The maximum Gasteiger partial charge on any atom is 0.233 e. The van der Waals surface area contributed by atoms with Crippen LogP contribution in [-0.4, -0.2) is 42.4 Å². The second-order valence-electron chi connectivity index (χ2n) is 6.87. The van der Waals surface area contributed by atoms with Crippen molar-refractivity contribution in [1.29, 1.82) is 0 Å². The highest BCUT2D eigenvalue weighted by molar-refractivity contribution is 7.99. The van der Waals surface area contributed by atoms with Crippen molar-refractivity contribution < 1.29 is 9.53 Å². The minimum atomic E-state index is -0.0678. The molecule has 0 unspecified atom stereocenters. The van der Waals surface area contributed by atoms with Crippen LogP contribution in [0, 0.1) is 0 Å². The molecule has 1 aliphatic heterocycles. The van der Waals surface area contributed by atoms with Crippen LogP contribution in [0.3, 0.4) is 0 Å². The van der Waals surface area contributed by atoms with Gasteiger partial charge >= 0.3 is 0 Å². The second kappa shape index (κ2) is 10.5. The highest BCUT2D eigenvalue weighted by Gasteiger charge is 2.14. The molecule has 3 rings (SSSR count). The van der Waals surface area contributed by atoms with Crippen molar-refractivity contribution in [3.8, 4) is 0 Å². The minimum Gasteiger partial charge on any atom is -0.379 e. The van der Waals surface area contributed by atoms with Crippen LogP contribution in [0.4, 0.5) is 0 Å². The molecule has 1 saturated heterocycles. The van der Waals surface area contributed by atoms with Gasteiger partial charge in [0.25, 0.3) is 0 Å². The van der Waals surface area contributed by atoms with Crippen molar-refractivity contribution >= 4 is 17.7 Å². The molecule has 1 atom stereocenters. The van der Waals surface area contributed by atoms with Gasteiger partial charge in [-0.15, -0.1) is 11.8 Å². The van der Waals surface area contributed by atoms with Gasteiger partial charge in [0, 0.05) is 31.9 Å². The first-order valence-corrected chi connectivity index (χ1v) is 10.6. The van der Waals surface area contributed by atoms with Gasteiger partial charge in [0.05, 0.1) is 18.5 Å². The maximum atomic E-state index is 12.4. The number of amides is 1. The van der Waals surface area contributed by atoms with Gasteiger partial charge in [-0.2, -0.15) is 0 Å². The maximum absolute atomic E-state index is 12.4. The van der Waals surface area contributed by atoms with E-state index in [-0.39, 0.29) is 11.2 Å². The van der Waals surface area contributed by atoms with E-state index in [0.717, 1.165) is 44.2 Å². The van der Waals surface area contributed by atoms with E-state index in [4.69, 9.17) is 4.74 Å². The van der Waals surface area contributed by atoms with Crippen molar-refractivity contribution in [2.75, 3.05) is 26.3 Å². The standard InChI is InChI=1S/C22H28N2O2S/c1-18(27-17-19-6-3-2-4-7-19)22(25)23-15-20-8-5-9-21(14-20)16-24-10-12-26-13-11-24/h2-9,14,18H,10-13,15-17H2,1H3,(H,23,25)/t18-/m0/s1. The molecule has 0 spiro atoms. The molecule has 0 aliphatic carbocycles. The Bertz CT molecular complexity index is 717. The van der Waals surface area contributed by atoms with Gasteiger partial charge in [0.2, 0.25) is 5.91 Å². The third kappa shape index (κ3) is 6.69. The SMILES string of the molecule is C[C@H](SCc1ccccc1)C(=O)NCc1cccc(CN2CCOCC2)c1. The van der Waals surface area contributed by atoms with E-state index in [0.29, 0.717) is 6.54 Å². The molecule has 0 radical (unpaired) electrons. The van der Waals surface area contributed by atoms with Gasteiger partial charge in [-0.1, -0.05) is 54.6 Å². The first kappa shape index (κ1) is 19.9. The summed E-state index contributed by atoms with van der Waals surface area (Å²) in [7, 11) is 0. The number of thioether (sulfide) groups is 1. The molecule has 1 amide bonds. The molecule has 1 aliphatic rings. The first-order valence-electron chi connectivity index (χ1n) is 9.52. The zero-order chi connectivity index (χ0) is 18.9. The summed E-state index contributed by atoms with van der Waals surface area (Å²) in [6.45, 7) is 7.08. The lowest BCUT2D eigenvalue weighted by molar-refractivity contribution is -0.120. The Labute approximate surface area is 166 Å². The van der Waals surface area contributed by atoms with Crippen LogP contribution in [-0.2, 0) is 28.4 Å². The number of rotatable bonds is 8. The third-order valence-corrected chi connectivity index (χ3v) is 5.89. The fraction of sp³-hybridized carbons (Fsp3) is 0.409. The summed E-state index contributed by atoms with van der Waals surface area (Å²) >= 11 is 1.67. The van der Waals surface area contributed by atoms with Gasteiger partial charge in [0.1, 0.15) is 0 Å². The molecule has 0 aromatic heterocycles. The van der Waals surface area contributed by atoms with Crippen LogP contribution in [0.1, 0.15) is 23.6 Å². The summed E-state index contributed by atoms with van der Waals surface area (Å²) in [5.41, 5.74) is 3.68. The summed E-state index contributed by atoms with van der Waals surface area (Å²) < 4.78 is 5.41. The van der Waals surface area contributed by atoms with Gasteiger partial charge in [-0.25, -0.2) is 0 Å².